The Morgan fingerprint density at radius 2 is 1.58 bits per heavy atom. The molecule has 5 rings (SSSR count). The molecule has 0 aliphatic carbocycles. The van der Waals surface area contributed by atoms with Gasteiger partial charge in [-0.15, -0.1) is 0 Å². The lowest BCUT2D eigenvalue weighted by Crippen LogP contribution is -2.48. The van der Waals surface area contributed by atoms with Crippen molar-refractivity contribution in [1.29, 1.82) is 0 Å². The Kier molecular flexibility index (Phi) is 5.97. The summed E-state index contributed by atoms with van der Waals surface area (Å²) in [6.07, 6.45) is 0. The molecule has 1 amide bonds. The highest BCUT2D eigenvalue weighted by atomic mass is 16.6. The number of aryl methyl sites for hydroxylation is 2. The van der Waals surface area contributed by atoms with E-state index in [0.717, 1.165) is 15.9 Å². The SMILES string of the molecule is Cc1ccc(C(=O)N2CCN(c3ccc([N+](=O)[O-])c(-n4nc(C)c5ccccc5c4=O)c3)CC2)cc1. The molecule has 182 valence electrons. The van der Waals surface area contributed by atoms with Crippen LogP contribution in [-0.4, -0.2) is 51.7 Å². The van der Waals surface area contributed by atoms with Crippen LogP contribution in [0.25, 0.3) is 16.5 Å². The third-order valence-corrected chi connectivity index (χ3v) is 6.60. The number of rotatable bonds is 4. The molecule has 1 aliphatic rings. The van der Waals surface area contributed by atoms with Crippen molar-refractivity contribution in [2.75, 3.05) is 31.1 Å². The molecule has 0 saturated carbocycles. The number of hydrogen-bond acceptors (Lipinski definition) is 6. The number of anilines is 1. The lowest BCUT2D eigenvalue weighted by Gasteiger charge is -2.36. The molecule has 1 aromatic heterocycles. The van der Waals surface area contributed by atoms with Gasteiger partial charge in [-0.05, 0) is 44.2 Å². The second-order valence-electron chi connectivity index (χ2n) is 8.92. The Labute approximate surface area is 207 Å². The highest BCUT2D eigenvalue weighted by molar-refractivity contribution is 5.94. The van der Waals surface area contributed by atoms with Crippen LogP contribution in [0, 0.1) is 24.0 Å². The molecule has 4 aromatic rings. The summed E-state index contributed by atoms with van der Waals surface area (Å²) in [5.41, 5.74) is 2.60. The summed E-state index contributed by atoms with van der Waals surface area (Å²) in [4.78, 5) is 41.3. The maximum absolute atomic E-state index is 13.2. The van der Waals surface area contributed by atoms with Crippen molar-refractivity contribution in [3.8, 4) is 5.69 Å². The summed E-state index contributed by atoms with van der Waals surface area (Å²) >= 11 is 0. The minimum Gasteiger partial charge on any atom is -0.368 e. The number of fused-ring (bicyclic) bond motifs is 1. The third-order valence-electron chi connectivity index (χ3n) is 6.60. The maximum atomic E-state index is 13.2. The van der Waals surface area contributed by atoms with Crippen LogP contribution in [-0.2, 0) is 0 Å². The van der Waals surface area contributed by atoms with E-state index in [9.17, 15) is 19.7 Å². The number of nitro benzene ring substituents is 1. The van der Waals surface area contributed by atoms with Gasteiger partial charge in [0, 0.05) is 48.9 Å². The molecule has 2 heterocycles. The van der Waals surface area contributed by atoms with Gasteiger partial charge in [0.15, 0.2) is 0 Å². The number of nitrogens with zero attached hydrogens (tertiary/aromatic N) is 5. The normalized spacial score (nSPS) is 13.7. The topological polar surface area (TPSA) is 102 Å². The number of carbonyl (C=O) groups excluding carboxylic acids is 1. The zero-order valence-electron chi connectivity index (χ0n) is 20.0. The van der Waals surface area contributed by atoms with Gasteiger partial charge in [0.25, 0.3) is 17.2 Å². The lowest BCUT2D eigenvalue weighted by atomic mass is 10.1. The van der Waals surface area contributed by atoms with E-state index in [-0.39, 0.29) is 17.3 Å². The molecule has 1 fully saturated rings. The van der Waals surface area contributed by atoms with E-state index in [0.29, 0.717) is 48.2 Å². The summed E-state index contributed by atoms with van der Waals surface area (Å²) in [5.74, 6) is -0.0126. The smallest absolute Gasteiger partial charge is 0.295 e. The fraction of sp³-hybridized carbons (Fsp3) is 0.222. The Morgan fingerprint density at radius 1 is 0.917 bits per heavy atom. The molecule has 1 aliphatic heterocycles. The van der Waals surface area contributed by atoms with Crippen LogP contribution in [0.1, 0.15) is 21.6 Å². The Balaban J connectivity index is 1.45. The molecule has 1 saturated heterocycles. The molecular weight excluding hydrogens is 458 g/mol. The van der Waals surface area contributed by atoms with Crippen molar-refractivity contribution in [1.82, 2.24) is 14.7 Å². The van der Waals surface area contributed by atoms with E-state index in [2.05, 4.69) is 10.00 Å². The standard InChI is InChI=1S/C27H25N5O4/c1-18-7-9-20(10-8-18)26(33)30-15-13-29(14-16-30)21-11-12-24(32(35)36)25(17-21)31-27(34)23-6-4-3-5-22(23)19(2)28-31/h3-12,17H,13-16H2,1-2H3. The number of aromatic nitrogens is 2. The van der Waals surface area contributed by atoms with Crippen LogP contribution < -0.4 is 10.5 Å². The van der Waals surface area contributed by atoms with E-state index in [1.165, 1.54) is 6.07 Å². The van der Waals surface area contributed by atoms with Crippen LogP contribution in [0.5, 0.6) is 0 Å². The summed E-state index contributed by atoms with van der Waals surface area (Å²) in [5, 5.41) is 17.4. The maximum Gasteiger partial charge on any atom is 0.295 e. The van der Waals surface area contributed by atoms with Gasteiger partial charge in [-0.3, -0.25) is 19.7 Å². The molecule has 36 heavy (non-hydrogen) atoms. The van der Waals surface area contributed by atoms with Gasteiger partial charge in [0.1, 0.15) is 5.69 Å². The minimum absolute atomic E-state index is 0.0126. The van der Waals surface area contributed by atoms with Gasteiger partial charge in [0.05, 0.1) is 16.0 Å². The van der Waals surface area contributed by atoms with Crippen molar-refractivity contribution in [3.63, 3.8) is 0 Å². The second kappa shape index (κ2) is 9.26. The van der Waals surface area contributed by atoms with Crippen molar-refractivity contribution in [2.45, 2.75) is 13.8 Å². The van der Waals surface area contributed by atoms with Crippen LogP contribution in [0.2, 0.25) is 0 Å². The predicted octanol–water partition coefficient (Wildman–Crippen LogP) is 3.87. The number of piperazine rings is 1. The third kappa shape index (κ3) is 4.19. The van der Waals surface area contributed by atoms with Crippen molar-refractivity contribution < 1.29 is 9.72 Å². The molecule has 9 nitrogen and oxygen atoms in total. The zero-order chi connectivity index (χ0) is 25.4. The highest BCUT2D eigenvalue weighted by Gasteiger charge is 2.25. The average Bonchev–Trinajstić information content (AvgIpc) is 2.90. The molecule has 0 atom stereocenters. The molecule has 0 unspecified atom stereocenters. The molecule has 9 heteroatoms. The molecule has 0 radical (unpaired) electrons. The Hall–Kier alpha value is -4.53. The molecule has 3 aromatic carbocycles. The number of hydrogen-bond donors (Lipinski definition) is 0. The monoisotopic (exact) mass is 483 g/mol. The van der Waals surface area contributed by atoms with Crippen LogP contribution >= 0.6 is 0 Å². The first-order valence-electron chi connectivity index (χ1n) is 11.7. The highest BCUT2D eigenvalue weighted by Crippen LogP contribution is 2.29. The van der Waals surface area contributed by atoms with Gasteiger partial charge in [-0.1, -0.05) is 35.9 Å². The fourth-order valence-corrected chi connectivity index (χ4v) is 4.59. The summed E-state index contributed by atoms with van der Waals surface area (Å²) < 4.78 is 1.12. The Morgan fingerprint density at radius 3 is 2.25 bits per heavy atom. The summed E-state index contributed by atoms with van der Waals surface area (Å²) in [6.45, 7) is 5.92. The van der Waals surface area contributed by atoms with Crippen LogP contribution in [0.4, 0.5) is 11.4 Å². The van der Waals surface area contributed by atoms with Crippen molar-refractivity contribution in [3.05, 3.63) is 104 Å². The van der Waals surface area contributed by atoms with Gasteiger partial charge in [0.2, 0.25) is 0 Å². The first kappa shape index (κ1) is 23.2. The summed E-state index contributed by atoms with van der Waals surface area (Å²) in [7, 11) is 0. The zero-order valence-corrected chi connectivity index (χ0v) is 20.0. The predicted molar refractivity (Wildman–Crippen MR) is 138 cm³/mol. The molecular formula is C27H25N5O4. The minimum atomic E-state index is -0.504. The number of nitro groups is 1. The molecule has 0 bridgehead atoms. The van der Waals surface area contributed by atoms with Crippen molar-refractivity contribution >= 4 is 28.1 Å². The van der Waals surface area contributed by atoms with E-state index < -0.39 is 10.5 Å². The van der Waals surface area contributed by atoms with E-state index in [4.69, 9.17) is 0 Å². The largest absolute Gasteiger partial charge is 0.368 e. The van der Waals surface area contributed by atoms with Gasteiger partial charge >= 0.3 is 0 Å². The number of carbonyl (C=O) groups is 1. The van der Waals surface area contributed by atoms with Gasteiger partial charge in [-0.25, -0.2) is 0 Å². The number of amides is 1. The molecule has 0 spiro atoms. The first-order chi connectivity index (χ1) is 17.3. The molecule has 0 N–H and O–H groups in total. The van der Waals surface area contributed by atoms with Gasteiger partial charge < -0.3 is 9.80 Å². The lowest BCUT2D eigenvalue weighted by molar-refractivity contribution is -0.384. The number of benzene rings is 3. The van der Waals surface area contributed by atoms with Gasteiger partial charge in [-0.2, -0.15) is 9.78 Å². The van der Waals surface area contributed by atoms with E-state index in [1.54, 1.807) is 31.2 Å². The Bertz CT molecular complexity index is 1540. The average molecular weight is 484 g/mol. The van der Waals surface area contributed by atoms with E-state index >= 15 is 0 Å². The second-order valence-corrected chi connectivity index (χ2v) is 8.92. The van der Waals surface area contributed by atoms with E-state index in [1.807, 2.05) is 48.2 Å². The first-order valence-corrected chi connectivity index (χ1v) is 11.7. The quantitative estimate of drug-likeness (QED) is 0.323. The fourth-order valence-electron chi connectivity index (χ4n) is 4.59. The van der Waals surface area contributed by atoms with Crippen LogP contribution in [0.15, 0.2) is 71.5 Å². The van der Waals surface area contributed by atoms with Crippen LogP contribution in [0.3, 0.4) is 0 Å². The van der Waals surface area contributed by atoms with Crippen molar-refractivity contribution in [2.24, 2.45) is 0 Å². The summed E-state index contributed by atoms with van der Waals surface area (Å²) in [6, 6.07) is 19.3.